The van der Waals surface area contributed by atoms with E-state index in [2.05, 4.69) is 6.08 Å². The summed E-state index contributed by atoms with van der Waals surface area (Å²) in [7, 11) is 0. The molecule has 2 aliphatic heterocycles. The first-order valence-electron chi connectivity index (χ1n) is 3.22. The van der Waals surface area contributed by atoms with Crippen LogP contribution in [0.2, 0.25) is 0 Å². The molecule has 1 unspecified atom stereocenters. The molecule has 0 aromatic heterocycles. The Morgan fingerprint density at radius 3 is 3.09 bits per heavy atom. The number of aliphatic carboxylic acids is 1. The molecule has 2 aliphatic rings. The number of hydrogen-bond acceptors (Lipinski definition) is 3. The van der Waals surface area contributed by atoms with Crippen LogP contribution in [0, 0.1) is 0 Å². The fourth-order valence-corrected chi connectivity index (χ4v) is 3.39. The molecule has 0 amide bonds. The second kappa shape index (κ2) is 2.60. The molecule has 2 heterocycles. The maximum atomic E-state index is 10.5. The molecule has 0 saturated heterocycles. The molecular formula is C7H6O2S2. The molecule has 0 bridgehead atoms. The van der Waals surface area contributed by atoms with Gasteiger partial charge in [0.15, 0.2) is 0 Å². The van der Waals surface area contributed by atoms with E-state index >= 15 is 0 Å². The van der Waals surface area contributed by atoms with Crippen LogP contribution in [0.15, 0.2) is 22.0 Å². The van der Waals surface area contributed by atoms with Crippen molar-refractivity contribution in [2.24, 2.45) is 0 Å². The Hall–Kier alpha value is -0.350. The summed E-state index contributed by atoms with van der Waals surface area (Å²) in [6.45, 7) is 0. The summed E-state index contributed by atoms with van der Waals surface area (Å²) in [4.78, 5) is 12.8. The van der Waals surface area contributed by atoms with Gasteiger partial charge in [0.05, 0.1) is 0 Å². The van der Waals surface area contributed by atoms with Crippen molar-refractivity contribution in [1.82, 2.24) is 0 Å². The number of carbonyl (C=O) groups is 1. The van der Waals surface area contributed by atoms with E-state index in [1.54, 1.807) is 11.8 Å². The molecule has 1 N–H and O–H groups in total. The van der Waals surface area contributed by atoms with Gasteiger partial charge in [0.25, 0.3) is 0 Å². The van der Waals surface area contributed by atoms with Gasteiger partial charge in [-0.3, -0.25) is 4.79 Å². The molecule has 0 aromatic carbocycles. The maximum absolute atomic E-state index is 10.5. The molecule has 0 aliphatic carbocycles. The van der Waals surface area contributed by atoms with Crippen molar-refractivity contribution in [3.63, 3.8) is 0 Å². The molecule has 0 saturated carbocycles. The Balaban J connectivity index is 2.21. The van der Waals surface area contributed by atoms with Crippen molar-refractivity contribution < 1.29 is 9.90 Å². The van der Waals surface area contributed by atoms with Gasteiger partial charge in [0, 0.05) is 15.6 Å². The van der Waals surface area contributed by atoms with Crippen LogP contribution in [0.1, 0.15) is 0 Å². The summed E-state index contributed by atoms with van der Waals surface area (Å²) in [6, 6.07) is 0. The number of fused-ring (bicyclic) bond motifs is 1. The van der Waals surface area contributed by atoms with Crippen molar-refractivity contribution >= 4 is 29.5 Å². The zero-order valence-corrected chi connectivity index (χ0v) is 7.24. The third-order valence-electron chi connectivity index (χ3n) is 1.55. The van der Waals surface area contributed by atoms with Crippen molar-refractivity contribution in [2.75, 3.05) is 5.75 Å². The number of thioether (sulfide) groups is 2. The van der Waals surface area contributed by atoms with Crippen LogP contribution in [-0.2, 0) is 4.79 Å². The highest BCUT2D eigenvalue weighted by Crippen LogP contribution is 2.46. The van der Waals surface area contributed by atoms with Crippen molar-refractivity contribution in [2.45, 2.75) is 5.25 Å². The lowest BCUT2D eigenvalue weighted by molar-refractivity contribution is -0.135. The summed E-state index contributed by atoms with van der Waals surface area (Å²) >= 11 is 3.16. The van der Waals surface area contributed by atoms with E-state index in [1.807, 2.05) is 6.08 Å². The molecule has 2 rings (SSSR count). The van der Waals surface area contributed by atoms with Gasteiger partial charge < -0.3 is 5.11 Å². The van der Waals surface area contributed by atoms with Gasteiger partial charge in [0.2, 0.25) is 0 Å². The highest BCUT2D eigenvalue weighted by atomic mass is 32.2. The Bertz CT molecular complexity index is 268. The molecule has 4 heteroatoms. The van der Waals surface area contributed by atoms with E-state index in [4.69, 9.17) is 5.11 Å². The lowest BCUT2D eigenvalue weighted by atomic mass is 10.3. The smallest absolute Gasteiger partial charge is 0.320 e. The van der Waals surface area contributed by atoms with Crippen LogP contribution in [0.3, 0.4) is 0 Å². The number of rotatable bonds is 1. The molecular weight excluding hydrogens is 180 g/mol. The number of carboxylic acids is 1. The minimum atomic E-state index is -0.738. The molecule has 11 heavy (non-hydrogen) atoms. The second-order valence-electron chi connectivity index (χ2n) is 2.29. The van der Waals surface area contributed by atoms with Crippen LogP contribution >= 0.6 is 23.5 Å². The molecule has 0 aromatic rings. The van der Waals surface area contributed by atoms with Gasteiger partial charge >= 0.3 is 5.97 Å². The van der Waals surface area contributed by atoms with Gasteiger partial charge in [-0.05, 0) is 6.08 Å². The molecule has 1 atom stereocenters. The lowest BCUT2D eigenvalue weighted by Crippen LogP contribution is -2.10. The van der Waals surface area contributed by atoms with Crippen LogP contribution < -0.4 is 0 Å². The van der Waals surface area contributed by atoms with E-state index in [0.717, 1.165) is 15.6 Å². The van der Waals surface area contributed by atoms with Crippen LogP contribution in [0.4, 0.5) is 0 Å². The predicted octanol–water partition coefficient (Wildman–Crippen LogP) is 1.70. The first-order valence-corrected chi connectivity index (χ1v) is 5.08. The highest BCUT2D eigenvalue weighted by Gasteiger charge is 2.29. The minimum absolute atomic E-state index is 0.343. The average molecular weight is 186 g/mol. The Kier molecular flexibility index (Phi) is 1.73. The molecule has 0 spiro atoms. The maximum Gasteiger partial charge on any atom is 0.320 e. The predicted molar refractivity (Wildman–Crippen MR) is 47.6 cm³/mol. The van der Waals surface area contributed by atoms with Crippen molar-refractivity contribution in [1.29, 1.82) is 0 Å². The molecule has 0 fully saturated rings. The number of carboxylic acid groups (broad SMARTS) is 1. The van der Waals surface area contributed by atoms with Crippen LogP contribution in [0.25, 0.3) is 0 Å². The SMILES string of the molecule is O=C(O)C1C=C2SCC=C2S1. The monoisotopic (exact) mass is 186 g/mol. The fourth-order valence-electron chi connectivity index (χ4n) is 1.05. The van der Waals surface area contributed by atoms with Gasteiger partial charge in [0.1, 0.15) is 5.25 Å². The van der Waals surface area contributed by atoms with E-state index in [9.17, 15) is 4.79 Å². The van der Waals surface area contributed by atoms with Gasteiger partial charge in [-0.1, -0.05) is 6.08 Å². The third-order valence-corrected chi connectivity index (χ3v) is 3.91. The molecule has 58 valence electrons. The first kappa shape index (κ1) is 7.31. The van der Waals surface area contributed by atoms with E-state index in [1.165, 1.54) is 11.8 Å². The molecule has 2 nitrogen and oxygen atoms in total. The normalized spacial score (nSPS) is 27.8. The summed E-state index contributed by atoms with van der Waals surface area (Å²) in [5, 5.41) is 8.32. The van der Waals surface area contributed by atoms with E-state index in [0.29, 0.717) is 0 Å². The van der Waals surface area contributed by atoms with Crippen molar-refractivity contribution in [3.8, 4) is 0 Å². The zero-order chi connectivity index (χ0) is 7.84. The lowest BCUT2D eigenvalue weighted by Gasteiger charge is -1.97. The largest absolute Gasteiger partial charge is 0.480 e. The first-order chi connectivity index (χ1) is 5.27. The van der Waals surface area contributed by atoms with Crippen LogP contribution in [0.5, 0.6) is 0 Å². The van der Waals surface area contributed by atoms with Gasteiger partial charge in [-0.2, -0.15) is 0 Å². The highest BCUT2D eigenvalue weighted by molar-refractivity contribution is 8.10. The third kappa shape index (κ3) is 1.20. The summed E-state index contributed by atoms with van der Waals surface area (Å²) < 4.78 is 0. The topological polar surface area (TPSA) is 37.3 Å². The zero-order valence-electron chi connectivity index (χ0n) is 5.61. The summed E-state index contributed by atoms with van der Waals surface area (Å²) in [5.41, 5.74) is 0. The molecule has 0 radical (unpaired) electrons. The number of hydrogen-bond donors (Lipinski definition) is 1. The minimum Gasteiger partial charge on any atom is -0.480 e. The van der Waals surface area contributed by atoms with E-state index < -0.39 is 5.97 Å². The second-order valence-corrected chi connectivity index (χ2v) is 4.53. The average Bonchev–Trinajstić information content (AvgIpc) is 2.40. The standard InChI is InChI=1S/C7H6O2S2/c8-7(9)6-3-5-4(11-6)1-2-10-5/h1,3,6H,2H2,(H,8,9). The fraction of sp³-hybridized carbons (Fsp3) is 0.286. The van der Waals surface area contributed by atoms with Gasteiger partial charge in [-0.25, -0.2) is 0 Å². The Labute approximate surface area is 72.7 Å². The quantitative estimate of drug-likeness (QED) is 0.676. The van der Waals surface area contributed by atoms with Gasteiger partial charge in [-0.15, -0.1) is 23.5 Å². The Morgan fingerprint density at radius 1 is 1.64 bits per heavy atom. The summed E-state index contributed by atoms with van der Waals surface area (Å²) in [6.07, 6.45) is 3.92. The van der Waals surface area contributed by atoms with E-state index in [-0.39, 0.29) is 5.25 Å². The summed E-state index contributed by atoms with van der Waals surface area (Å²) in [5.74, 6) is 0.263. The van der Waals surface area contributed by atoms with Crippen LogP contribution in [-0.4, -0.2) is 22.1 Å². The van der Waals surface area contributed by atoms with Crippen molar-refractivity contribution in [3.05, 3.63) is 22.0 Å². The Morgan fingerprint density at radius 2 is 2.45 bits per heavy atom.